The largest absolute Gasteiger partial charge is 0.341 e. The van der Waals surface area contributed by atoms with E-state index in [-0.39, 0.29) is 10.7 Å². The first-order valence-corrected chi connectivity index (χ1v) is 12.0. The van der Waals surface area contributed by atoms with Gasteiger partial charge in [0.2, 0.25) is 5.95 Å². The van der Waals surface area contributed by atoms with E-state index in [1.54, 1.807) is 12.1 Å². The molecule has 1 fully saturated rings. The molecule has 0 spiro atoms. The van der Waals surface area contributed by atoms with Gasteiger partial charge in [0.05, 0.1) is 15.9 Å². The third-order valence-electron chi connectivity index (χ3n) is 6.90. The van der Waals surface area contributed by atoms with Gasteiger partial charge in [-0.2, -0.15) is 29.2 Å². The molecule has 1 aliphatic heterocycles. The SMILES string of the molecule is N#Cc1nc(N2CCC(N)(c3ccccc3)CC2)nc2[nH]nc(-c3ccc4nn(C(F)F)cc4c3Cl)c12. The second-order valence-electron chi connectivity index (χ2n) is 9.04. The van der Waals surface area contributed by atoms with E-state index in [0.717, 1.165) is 5.56 Å². The molecule has 0 aliphatic carbocycles. The Morgan fingerprint density at radius 3 is 2.57 bits per heavy atom. The van der Waals surface area contributed by atoms with Crippen LogP contribution in [0, 0.1) is 11.3 Å². The molecule has 6 rings (SSSR count). The lowest BCUT2D eigenvalue weighted by molar-refractivity contribution is 0.0574. The van der Waals surface area contributed by atoms with E-state index in [0.29, 0.717) is 69.8 Å². The molecule has 4 heterocycles. The van der Waals surface area contributed by atoms with Crippen LogP contribution >= 0.6 is 11.6 Å². The molecular weight excluding hydrogens is 500 g/mol. The first-order chi connectivity index (χ1) is 17.9. The average Bonchev–Trinajstić information content (AvgIpc) is 3.55. The number of piperidine rings is 1. The normalized spacial score (nSPS) is 15.5. The summed E-state index contributed by atoms with van der Waals surface area (Å²) in [6.45, 7) is -1.54. The Balaban J connectivity index is 1.35. The van der Waals surface area contributed by atoms with Crippen LogP contribution in [0.3, 0.4) is 0 Å². The van der Waals surface area contributed by atoms with Crippen LogP contribution in [0.15, 0.2) is 48.7 Å². The van der Waals surface area contributed by atoms with Crippen LogP contribution < -0.4 is 10.6 Å². The molecular formula is C25H20ClF2N9. The highest BCUT2D eigenvalue weighted by atomic mass is 35.5. The number of halogens is 3. The second kappa shape index (κ2) is 8.76. The maximum absolute atomic E-state index is 13.1. The van der Waals surface area contributed by atoms with Crippen molar-refractivity contribution < 1.29 is 8.78 Å². The fraction of sp³-hybridized carbons (Fsp3) is 0.240. The molecule has 0 bridgehead atoms. The molecule has 12 heteroatoms. The van der Waals surface area contributed by atoms with Crippen LogP contribution in [0.5, 0.6) is 0 Å². The summed E-state index contributed by atoms with van der Waals surface area (Å²) in [6, 6.07) is 15.4. The van der Waals surface area contributed by atoms with E-state index >= 15 is 0 Å². The van der Waals surface area contributed by atoms with Gasteiger partial charge in [-0.05, 0) is 30.5 Å². The quantitative estimate of drug-likeness (QED) is 0.351. The number of nitrogens with zero attached hydrogens (tertiary/aromatic N) is 7. The first-order valence-electron chi connectivity index (χ1n) is 11.6. The Morgan fingerprint density at radius 1 is 1.11 bits per heavy atom. The smallest absolute Gasteiger partial charge is 0.333 e. The van der Waals surface area contributed by atoms with Crippen molar-refractivity contribution in [1.82, 2.24) is 29.9 Å². The van der Waals surface area contributed by atoms with Crippen LogP contribution in [-0.2, 0) is 5.54 Å². The zero-order chi connectivity index (χ0) is 25.7. The van der Waals surface area contributed by atoms with Crippen LogP contribution in [-0.4, -0.2) is 43.0 Å². The summed E-state index contributed by atoms with van der Waals surface area (Å²) in [5.74, 6) is 0.411. The zero-order valence-corrected chi connectivity index (χ0v) is 20.1. The lowest BCUT2D eigenvalue weighted by Crippen LogP contribution is -2.48. The van der Waals surface area contributed by atoms with Gasteiger partial charge >= 0.3 is 6.55 Å². The summed E-state index contributed by atoms with van der Waals surface area (Å²) in [4.78, 5) is 11.2. The Bertz CT molecular complexity index is 1660. The lowest BCUT2D eigenvalue weighted by Gasteiger charge is -2.39. The van der Waals surface area contributed by atoms with Gasteiger partial charge in [-0.1, -0.05) is 41.9 Å². The van der Waals surface area contributed by atoms with Crippen LogP contribution in [0.25, 0.3) is 33.2 Å². The van der Waals surface area contributed by atoms with Crippen molar-refractivity contribution in [1.29, 1.82) is 5.26 Å². The minimum atomic E-state index is -2.79. The van der Waals surface area contributed by atoms with Gasteiger partial charge in [0.25, 0.3) is 0 Å². The fourth-order valence-electron chi connectivity index (χ4n) is 4.86. The lowest BCUT2D eigenvalue weighted by atomic mass is 9.82. The predicted molar refractivity (Wildman–Crippen MR) is 135 cm³/mol. The standard InChI is InChI=1S/C25H20ClF2N9/c26-20-15(6-7-17-16(20)13-37(35-17)23(27)28)21-19-18(12-29)31-24(32-22(19)34-33-21)36-10-8-25(30,9-11-36)14-4-2-1-3-5-14/h1-7,13,23H,8-11,30H2,(H,31,32,33,34). The summed E-state index contributed by atoms with van der Waals surface area (Å²) >= 11 is 6.58. The van der Waals surface area contributed by atoms with Crippen molar-refractivity contribution in [2.45, 2.75) is 24.9 Å². The Labute approximate surface area is 214 Å². The van der Waals surface area contributed by atoms with Crippen molar-refractivity contribution in [3.63, 3.8) is 0 Å². The monoisotopic (exact) mass is 519 g/mol. The maximum atomic E-state index is 13.1. The molecule has 5 aromatic rings. The molecule has 1 aliphatic rings. The van der Waals surface area contributed by atoms with E-state index in [1.165, 1.54) is 6.20 Å². The van der Waals surface area contributed by atoms with E-state index < -0.39 is 12.1 Å². The number of rotatable bonds is 4. The minimum absolute atomic E-state index is 0.135. The van der Waals surface area contributed by atoms with Gasteiger partial charge in [-0.25, -0.2) is 9.67 Å². The number of benzene rings is 2. The number of nitriles is 1. The minimum Gasteiger partial charge on any atom is -0.341 e. The molecule has 2 aromatic carbocycles. The van der Waals surface area contributed by atoms with E-state index in [4.69, 9.17) is 17.3 Å². The third-order valence-corrected chi connectivity index (χ3v) is 7.30. The topological polar surface area (TPSA) is 125 Å². The number of nitrogens with one attached hydrogen (secondary N) is 1. The Morgan fingerprint density at radius 2 is 1.86 bits per heavy atom. The molecule has 0 saturated carbocycles. The molecule has 0 atom stereocenters. The van der Waals surface area contributed by atoms with E-state index in [9.17, 15) is 14.0 Å². The van der Waals surface area contributed by atoms with Gasteiger partial charge in [-0.15, -0.1) is 0 Å². The second-order valence-corrected chi connectivity index (χ2v) is 9.41. The van der Waals surface area contributed by atoms with Crippen molar-refractivity contribution in [3.8, 4) is 17.3 Å². The molecule has 9 nitrogen and oxygen atoms in total. The van der Waals surface area contributed by atoms with Crippen LogP contribution in [0.1, 0.15) is 30.6 Å². The number of nitrogens with two attached hydrogens (primary N) is 1. The van der Waals surface area contributed by atoms with Gasteiger partial charge in [0, 0.05) is 35.8 Å². The summed E-state index contributed by atoms with van der Waals surface area (Å²) in [6.07, 6.45) is 2.59. The Kier molecular flexibility index (Phi) is 5.51. The molecule has 0 unspecified atom stereocenters. The number of aromatic nitrogens is 6. The highest BCUT2D eigenvalue weighted by Gasteiger charge is 2.33. The van der Waals surface area contributed by atoms with Crippen molar-refractivity contribution in [3.05, 3.63) is 64.9 Å². The number of anilines is 1. The summed E-state index contributed by atoms with van der Waals surface area (Å²) in [5, 5.41) is 22.0. The first kappa shape index (κ1) is 23.3. The molecule has 37 heavy (non-hydrogen) atoms. The number of alkyl halides is 2. The van der Waals surface area contributed by atoms with E-state index in [1.807, 2.05) is 35.2 Å². The highest BCUT2D eigenvalue weighted by Crippen LogP contribution is 2.38. The third kappa shape index (κ3) is 3.85. The summed E-state index contributed by atoms with van der Waals surface area (Å²) in [7, 11) is 0. The van der Waals surface area contributed by atoms with E-state index in [2.05, 4.69) is 31.3 Å². The van der Waals surface area contributed by atoms with Gasteiger partial charge in [-0.3, -0.25) is 5.10 Å². The fourth-order valence-corrected chi connectivity index (χ4v) is 5.16. The van der Waals surface area contributed by atoms with Gasteiger partial charge < -0.3 is 10.6 Å². The van der Waals surface area contributed by atoms with Crippen LogP contribution in [0.2, 0.25) is 5.02 Å². The maximum Gasteiger partial charge on any atom is 0.333 e. The molecule has 3 N–H and O–H groups in total. The highest BCUT2D eigenvalue weighted by molar-refractivity contribution is 6.38. The average molecular weight is 520 g/mol. The Hall–Kier alpha value is -4.14. The predicted octanol–water partition coefficient (Wildman–Crippen LogP) is 4.74. The van der Waals surface area contributed by atoms with Gasteiger partial charge in [0.1, 0.15) is 11.8 Å². The summed E-state index contributed by atoms with van der Waals surface area (Å²) in [5.41, 5.74) is 9.02. The molecule has 0 radical (unpaired) electrons. The number of hydrogen-bond acceptors (Lipinski definition) is 7. The van der Waals surface area contributed by atoms with Crippen molar-refractivity contribution >= 4 is 39.5 Å². The van der Waals surface area contributed by atoms with Crippen molar-refractivity contribution in [2.24, 2.45) is 5.73 Å². The molecule has 186 valence electrons. The number of H-pyrrole nitrogens is 1. The number of fused-ring (bicyclic) bond motifs is 2. The zero-order valence-electron chi connectivity index (χ0n) is 19.4. The van der Waals surface area contributed by atoms with Crippen LogP contribution in [0.4, 0.5) is 14.7 Å². The van der Waals surface area contributed by atoms with Crippen molar-refractivity contribution in [2.75, 3.05) is 18.0 Å². The van der Waals surface area contributed by atoms with Gasteiger partial charge in [0.15, 0.2) is 11.3 Å². The molecule has 3 aromatic heterocycles. The molecule has 0 amide bonds. The number of aromatic amines is 1. The summed E-state index contributed by atoms with van der Waals surface area (Å²) < 4.78 is 26.8. The molecule has 1 saturated heterocycles. The number of hydrogen-bond donors (Lipinski definition) is 2.